The summed E-state index contributed by atoms with van der Waals surface area (Å²) in [6.07, 6.45) is 0.685. The maximum absolute atomic E-state index is 11.9. The summed E-state index contributed by atoms with van der Waals surface area (Å²) >= 11 is 0. The molecule has 4 heteroatoms. The Bertz CT molecular complexity index is 440. The predicted molar refractivity (Wildman–Crippen MR) is 87.9 cm³/mol. The van der Waals surface area contributed by atoms with E-state index in [1.165, 1.54) is 5.56 Å². The van der Waals surface area contributed by atoms with E-state index in [0.717, 1.165) is 5.56 Å². The number of benzene rings is 1. The summed E-state index contributed by atoms with van der Waals surface area (Å²) in [5.74, 6) is 0.782. The average molecular weight is 291 g/mol. The summed E-state index contributed by atoms with van der Waals surface area (Å²) in [6.45, 7) is 8.83. The van der Waals surface area contributed by atoms with Gasteiger partial charge in [0.2, 0.25) is 5.91 Å². The first-order valence-electron chi connectivity index (χ1n) is 7.70. The molecule has 0 saturated heterocycles. The third-order valence-corrected chi connectivity index (χ3v) is 3.59. The van der Waals surface area contributed by atoms with Crippen LogP contribution in [0.15, 0.2) is 24.3 Å². The maximum Gasteiger partial charge on any atom is 0.236 e. The molecular weight excluding hydrogens is 262 g/mol. The molecule has 0 aliphatic rings. The third-order valence-electron chi connectivity index (χ3n) is 3.59. The fourth-order valence-corrected chi connectivity index (χ4v) is 2.20. The number of nitrogens with two attached hydrogens (primary N) is 2. The van der Waals surface area contributed by atoms with Gasteiger partial charge in [-0.1, -0.05) is 52.0 Å². The average Bonchev–Trinajstić information content (AvgIpc) is 2.43. The Kier molecular flexibility index (Phi) is 6.85. The molecule has 118 valence electrons. The van der Waals surface area contributed by atoms with Crippen molar-refractivity contribution in [1.29, 1.82) is 0 Å². The van der Waals surface area contributed by atoms with Crippen molar-refractivity contribution in [2.75, 3.05) is 6.54 Å². The van der Waals surface area contributed by atoms with Crippen LogP contribution in [-0.2, 0) is 4.79 Å². The van der Waals surface area contributed by atoms with Crippen LogP contribution < -0.4 is 16.8 Å². The van der Waals surface area contributed by atoms with Crippen LogP contribution in [0.4, 0.5) is 0 Å². The second-order valence-electron chi connectivity index (χ2n) is 6.41. The van der Waals surface area contributed by atoms with E-state index in [4.69, 9.17) is 11.5 Å². The highest BCUT2D eigenvalue weighted by molar-refractivity contribution is 5.81. The lowest BCUT2D eigenvalue weighted by Gasteiger charge is -2.17. The van der Waals surface area contributed by atoms with Crippen molar-refractivity contribution < 1.29 is 4.79 Å². The molecule has 0 spiro atoms. The van der Waals surface area contributed by atoms with Crippen molar-refractivity contribution in [2.45, 2.75) is 52.1 Å². The summed E-state index contributed by atoms with van der Waals surface area (Å²) in [4.78, 5) is 11.9. The number of carbonyl (C=O) groups excluding carboxylic acids is 1. The fraction of sp³-hybridized carbons (Fsp3) is 0.588. The van der Waals surface area contributed by atoms with Crippen LogP contribution in [0.5, 0.6) is 0 Å². The standard InChI is InChI=1S/C17H29N3O/c1-11(2)9-15(18)17(21)20-10-16(19)14-7-5-13(6-8-14)12(3)4/h5-8,11-12,15-16H,9-10,18-19H2,1-4H3,(H,20,21)/t15-,16?/m0/s1. The van der Waals surface area contributed by atoms with Crippen molar-refractivity contribution in [1.82, 2.24) is 5.32 Å². The molecule has 1 aromatic rings. The van der Waals surface area contributed by atoms with Crippen molar-refractivity contribution in [3.8, 4) is 0 Å². The first-order valence-corrected chi connectivity index (χ1v) is 7.70. The van der Waals surface area contributed by atoms with E-state index in [1.54, 1.807) is 0 Å². The van der Waals surface area contributed by atoms with Gasteiger partial charge in [-0.3, -0.25) is 4.79 Å². The molecule has 0 bridgehead atoms. The molecular formula is C17H29N3O. The third kappa shape index (κ3) is 5.86. The molecule has 0 radical (unpaired) electrons. The summed E-state index contributed by atoms with van der Waals surface area (Å²) in [5, 5.41) is 2.83. The highest BCUT2D eigenvalue weighted by atomic mass is 16.2. The Morgan fingerprint density at radius 3 is 2.05 bits per heavy atom. The van der Waals surface area contributed by atoms with Gasteiger partial charge in [0.15, 0.2) is 0 Å². The molecule has 0 saturated carbocycles. The monoisotopic (exact) mass is 291 g/mol. The molecule has 1 rings (SSSR count). The van der Waals surface area contributed by atoms with Crippen molar-refractivity contribution in [2.24, 2.45) is 17.4 Å². The van der Waals surface area contributed by atoms with Crippen molar-refractivity contribution >= 4 is 5.91 Å². The SMILES string of the molecule is CC(C)C[C@H](N)C(=O)NCC(N)c1ccc(C(C)C)cc1. The minimum absolute atomic E-state index is 0.127. The Balaban J connectivity index is 2.49. The Labute approximate surface area is 128 Å². The maximum atomic E-state index is 11.9. The number of nitrogens with one attached hydrogen (secondary N) is 1. The first-order chi connectivity index (χ1) is 9.81. The van der Waals surface area contributed by atoms with E-state index < -0.39 is 6.04 Å². The quantitative estimate of drug-likeness (QED) is 0.721. The van der Waals surface area contributed by atoms with E-state index in [2.05, 4.69) is 45.1 Å². The summed E-state index contributed by atoms with van der Waals surface area (Å²) in [5.41, 5.74) is 14.3. The molecule has 0 aliphatic carbocycles. The lowest BCUT2D eigenvalue weighted by Crippen LogP contribution is -2.43. The normalized spacial score (nSPS) is 14.3. The van der Waals surface area contributed by atoms with Crippen molar-refractivity contribution in [3.63, 3.8) is 0 Å². The summed E-state index contributed by atoms with van der Waals surface area (Å²) in [7, 11) is 0. The van der Waals surface area contributed by atoms with E-state index in [-0.39, 0.29) is 11.9 Å². The molecule has 1 amide bonds. The zero-order valence-corrected chi connectivity index (χ0v) is 13.6. The summed E-state index contributed by atoms with van der Waals surface area (Å²) in [6, 6.07) is 7.57. The molecule has 0 aromatic heterocycles. The highest BCUT2D eigenvalue weighted by Crippen LogP contribution is 2.17. The van der Waals surface area contributed by atoms with Gasteiger partial charge in [0, 0.05) is 12.6 Å². The smallest absolute Gasteiger partial charge is 0.236 e. The van der Waals surface area contributed by atoms with Gasteiger partial charge in [-0.2, -0.15) is 0 Å². The second-order valence-corrected chi connectivity index (χ2v) is 6.41. The molecule has 0 aliphatic heterocycles. The Morgan fingerprint density at radius 1 is 1.05 bits per heavy atom. The topological polar surface area (TPSA) is 81.1 Å². The minimum atomic E-state index is -0.458. The van der Waals surface area contributed by atoms with Gasteiger partial charge in [-0.25, -0.2) is 0 Å². The number of amides is 1. The van der Waals surface area contributed by atoms with Crippen LogP contribution in [0.3, 0.4) is 0 Å². The second kappa shape index (κ2) is 8.15. The van der Waals surface area contributed by atoms with Gasteiger partial charge in [-0.05, 0) is 29.4 Å². The van der Waals surface area contributed by atoms with Gasteiger partial charge in [-0.15, -0.1) is 0 Å². The predicted octanol–water partition coefficient (Wildman–Crippen LogP) is 2.30. The number of hydrogen-bond acceptors (Lipinski definition) is 3. The van der Waals surface area contributed by atoms with E-state index in [0.29, 0.717) is 24.8 Å². The van der Waals surface area contributed by atoms with E-state index in [9.17, 15) is 4.79 Å². The summed E-state index contributed by atoms with van der Waals surface area (Å²) < 4.78 is 0. The largest absolute Gasteiger partial charge is 0.353 e. The van der Waals surface area contributed by atoms with Crippen LogP contribution in [0.2, 0.25) is 0 Å². The molecule has 1 unspecified atom stereocenters. The fourth-order valence-electron chi connectivity index (χ4n) is 2.20. The minimum Gasteiger partial charge on any atom is -0.353 e. The van der Waals surface area contributed by atoms with Crippen LogP contribution in [0.1, 0.15) is 57.2 Å². The first kappa shape index (κ1) is 17.7. The Morgan fingerprint density at radius 2 is 1.57 bits per heavy atom. The molecule has 0 fully saturated rings. The molecule has 0 heterocycles. The zero-order chi connectivity index (χ0) is 16.0. The molecule has 21 heavy (non-hydrogen) atoms. The van der Waals surface area contributed by atoms with Crippen LogP contribution in [0.25, 0.3) is 0 Å². The lowest BCUT2D eigenvalue weighted by atomic mass is 9.99. The molecule has 5 N–H and O–H groups in total. The van der Waals surface area contributed by atoms with Gasteiger partial charge in [0.1, 0.15) is 0 Å². The van der Waals surface area contributed by atoms with Gasteiger partial charge in [0.25, 0.3) is 0 Å². The van der Waals surface area contributed by atoms with Gasteiger partial charge < -0.3 is 16.8 Å². The lowest BCUT2D eigenvalue weighted by molar-refractivity contribution is -0.122. The number of carbonyl (C=O) groups is 1. The van der Waals surface area contributed by atoms with Crippen molar-refractivity contribution in [3.05, 3.63) is 35.4 Å². The van der Waals surface area contributed by atoms with Crippen LogP contribution in [-0.4, -0.2) is 18.5 Å². The highest BCUT2D eigenvalue weighted by Gasteiger charge is 2.16. The molecule has 2 atom stereocenters. The zero-order valence-electron chi connectivity index (χ0n) is 13.6. The van der Waals surface area contributed by atoms with E-state index >= 15 is 0 Å². The Hall–Kier alpha value is -1.39. The van der Waals surface area contributed by atoms with Gasteiger partial charge >= 0.3 is 0 Å². The number of hydrogen-bond donors (Lipinski definition) is 3. The van der Waals surface area contributed by atoms with E-state index in [1.807, 2.05) is 12.1 Å². The van der Waals surface area contributed by atoms with Gasteiger partial charge in [0.05, 0.1) is 6.04 Å². The molecule has 1 aromatic carbocycles. The van der Waals surface area contributed by atoms with Crippen LogP contribution >= 0.6 is 0 Å². The van der Waals surface area contributed by atoms with Crippen LogP contribution in [0, 0.1) is 5.92 Å². The number of rotatable bonds is 7. The molecule has 4 nitrogen and oxygen atoms in total.